The Hall–Kier alpha value is -3.42. The van der Waals surface area contributed by atoms with Crippen LogP contribution in [0.5, 0.6) is 0 Å². The molecule has 0 saturated heterocycles. The topological polar surface area (TPSA) is 93.3 Å². The summed E-state index contributed by atoms with van der Waals surface area (Å²) < 4.78 is 6.74. The molecular formula is C20H23N5O3. The first-order valence-electron chi connectivity index (χ1n) is 9.05. The summed E-state index contributed by atoms with van der Waals surface area (Å²) in [5.41, 5.74) is 2.45. The standard InChI is InChI=1S/C20H23N5O3/c1-4-17-16(11-21-25(17)12-15-8-6-5-7-9-15)20(27)24(3)13-19(26)22-18-10-14(2)28-23-18/h5-11H,4,12-13H2,1-3H3,(H,22,23,26). The number of carbonyl (C=O) groups is 2. The summed E-state index contributed by atoms with van der Waals surface area (Å²) in [5, 5.41) is 10.7. The Balaban J connectivity index is 1.68. The van der Waals surface area contributed by atoms with Crippen molar-refractivity contribution in [3.63, 3.8) is 0 Å². The fraction of sp³-hybridized carbons (Fsp3) is 0.300. The second-order valence-corrected chi connectivity index (χ2v) is 6.53. The Kier molecular flexibility index (Phi) is 5.88. The molecule has 146 valence electrons. The predicted octanol–water partition coefficient (Wildman–Crippen LogP) is 2.50. The van der Waals surface area contributed by atoms with Crippen LogP contribution in [0.15, 0.2) is 47.1 Å². The monoisotopic (exact) mass is 381 g/mol. The molecule has 0 aliphatic rings. The third-order valence-corrected chi connectivity index (χ3v) is 4.31. The van der Waals surface area contributed by atoms with Crippen LogP contribution in [0.3, 0.4) is 0 Å². The molecule has 0 unspecified atom stereocenters. The van der Waals surface area contributed by atoms with Gasteiger partial charge in [0.15, 0.2) is 5.82 Å². The van der Waals surface area contributed by atoms with Crippen LogP contribution in [0.25, 0.3) is 0 Å². The third-order valence-electron chi connectivity index (χ3n) is 4.31. The summed E-state index contributed by atoms with van der Waals surface area (Å²) in [6.07, 6.45) is 2.23. The van der Waals surface area contributed by atoms with Gasteiger partial charge in [0.05, 0.1) is 30.5 Å². The lowest BCUT2D eigenvalue weighted by Crippen LogP contribution is -2.35. The zero-order valence-corrected chi connectivity index (χ0v) is 16.2. The van der Waals surface area contributed by atoms with Crippen molar-refractivity contribution < 1.29 is 14.1 Å². The van der Waals surface area contributed by atoms with E-state index in [1.54, 1.807) is 26.2 Å². The fourth-order valence-corrected chi connectivity index (χ4v) is 2.96. The molecule has 8 nitrogen and oxygen atoms in total. The molecule has 1 N–H and O–H groups in total. The van der Waals surface area contributed by atoms with E-state index in [0.29, 0.717) is 30.1 Å². The summed E-state index contributed by atoms with van der Waals surface area (Å²) in [6, 6.07) is 11.6. The summed E-state index contributed by atoms with van der Waals surface area (Å²) >= 11 is 0. The molecule has 8 heteroatoms. The number of carbonyl (C=O) groups excluding carboxylic acids is 2. The van der Waals surface area contributed by atoms with Gasteiger partial charge >= 0.3 is 0 Å². The van der Waals surface area contributed by atoms with Crippen molar-refractivity contribution in [1.29, 1.82) is 0 Å². The highest BCUT2D eigenvalue weighted by atomic mass is 16.5. The number of aromatic nitrogens is 3. The van der Waals surface area contributed by atoms with Gasteiger partial charge in [-0.2, -0.15) is 5.10 Å². The third kappa shape index (κ3) is 4.46. The molecule has 2 aromatic heterocycles. The van der Waals surface area contributed by atoms with Gasteiger partial charge in [0.2, 0.25) is 5.91 Å². The lowest BCUT2D eigenvalue weighted by molar-refractivity contribution is -0.116. The summed E-state index contributed by atoms with van der Waals surface area (Å²) in [5.74, 6) is 0.327. The number of nitrogens with one attached hydrogen (secondary N) is 1. The Labute approximate surface area is 163 Å². The lowest BCUT2D eigenvalue weighted by atomic mass is 10.1. The molecule has 0 fully saturated rings. The highest BCUT2D eigenvalue weighted by molar-refractivity contribution is 5.99. The van der Waals surface area contributed by atoms with Gasteiger partial charge < -0.3 is 14.7 Å². The van der Waals surface area contributed by atoms with Crippen molar-refractivity contribution in [3.05, 3.63) is 65.2 Å². The molecule has 28 heavy (non-hydrogen) atoms. The van der Waals surface area contributed by atoms with Gasteiger partial charge in [-0.05, 0) is 18.9 Å². The van der Waals surface area contributed by atoms with Crippen LogP contribution in [0.4, 0.5) is 5.82 Å². The van der Waals surface area contributed by atoms with Crippen molar-refractivity contribution in [2.75, 3.05) is 18.9 Å². The number of likely N-dealkylation sites (N-methyl/N-ethyl adjacent to an activating group) is 1. The molecule has 0 aliphatic heterocycles. The fourth-order valence-electron chi connectivity index (χ4n) is 2.96. The van der Waals surface area contributed by atoms with Crippen LogP contribution in [0.1, 0.15) is 34.3 Å². The Morgan fingerprint density at radius 2 is 2.00 bits per heavy atom. The number of hydrogen-bond acceptors (Lipinski definition) is 5. The molecule has 0 aliphatic carbocycles. The normalized spacial score (nSPS) is 10.7. The first-order chi connectivity index (χ1) is 13.5. The maximum Gasteiger partial charge on any atom is 0.257 e. The van der Waals surface area contributed by atoms with E-state index in [9.17, 15) is 9.59 Å². The minimum atomic E-state index is -0.348. The average Bonchev–Trinajstić information content (AvgIpc) is 3.27. The van der Waals surface area contributed by atoms with Crippen molar-refractivity contribution in [2.24, 2.45) is 0 Å². The van der Waals surface area contributed by atoms with Gasteiger partial charge in [0, 0.05) is 13.1 Å². The Bertz CT molecular complexity index is 961. The largest absolute Gasteiger partial charge is 0.360 e. The molecule has 2 amide bonds. The van der Waals surface area contributed by atoms with Gasteiger partial charge in [0.25, 0.3) is 5.91 Å². The summed E-state index contributed by atoms with van der Waals surface area (Å²) in [7, 11) is 1.59. The zero-order valence-electron chi connectivity index (χ0n) is 16.2. The summed E-state index contributed by atoms with van der Waals surface area (Å²) in [4.78, 5) is 26.4. The second-order valence-electron chi connectivity index (χ2n) is 6.53. The van der Waals surface area contributed by atoms with Crippen LogP contribution in [-0.2, 0) is 17.8 Å². The first-order valence-corrected chi connectivity index (χ1v) is 9.05. The van der Waals surface area contributed by atoms with Crippen LogP contribution in [0.2, 0.25) is 0 Å². The predicted molar refractivity (Wildman–Crippen MR) is 104 cm³/mol. The molecule has 2 heterocycles. The Morgan fingerprint density at radius 1 is 1.25 bits per heavy atom. The van der Waals surface area contributed by atoms with Crippen molar-refractivity contribution in [2.45, 2.75) is 26.8 Å². The number of benzene rings is 1. The first kappa shape index (κ1) is 19.3. The molecule has 0 radical (unpaired) electrons. The highest BCUT2D eigenvalue weighted by Gasteiger charge is 2.21. The molecule has 0 saturated carbocycles. The lowest BCUT2D eigenvalue weighted by Gasteiger charge is -2.16. The maximum atomic E-state index is 12.8. The zero-order chi connectivity index (χ0) is 20.1. The van der Waals surface area contributed by atoms with E-state index in [2.05, 4.69) is 15.6 Å². The number of hydrogen-bond donors (Lipinski definition) is 1. The van der Waals surface area contributed by atoms with E-state index in [1.807, 2.05) is 41.9 Å². The van der Waals surface area contributed by atoms with Gasteiger partial charge in [-0.15, -0.1) is 0 Å². The van der Waals surface area contributed by atoms with Gasteiger partial charge in [-0.25, -0.2) is 0 Å². The molecule has 0 atom stereocenters. The molecule has 0 bridgehead atoms. The van der Waals surface area contributed by atoms with E-state index in [-0.39, 0.29) is 18.4 Å². The number of rotatable bonds is 7. The van der Waals surface area contributed by atoms with E-state index >= 15 is 0 Å². The van der Waals surface area contributed by atoms with Crippen molar-refractivity contribution in [3.8, 4) is 0 Å². The van der Waals surface area contributed by atoms with E-state index < -0.39 is 0 Å². The number of aryl methyl sites for hydroxylation is 1. The molecule has 3 aromatic rings. The number of amides is 2. The van der Waals surface area contributed by atoms with Crippen molar-refractivity contribution >= 4 is 17.6 Å². The van der Waals surface area contributed by atoms with E-state index in [4.69, 9.17) is 4.52 Å². The molecule has 0 spiro atoms. The van der Waals surface area contributed by atoms with Crippen LogP contribution in [-0.4, -0.2) is 45.2 Å². The number of anilines is 1. The second kappa shape index (κ2) is 8.51. The van der Waals surface area contributed by atoms with Gasteiger partial charge in [-0.1, -0.05) is 42.4 Å². The van der Waals surface area contributed by atoms with E-state index in [0.717, 1.165) is 11.3 Å². The van der Waals surface area contributed by atoms with E-state index in [1.165, 1.54) is 4.90 Å². The summed E-state index contributed by atoms with van der Waals surface area (Å²) in [6.45, 7) is 4.21. The Morgan fingerprint density at radius 3 is 2.64 bits per heavy atom. The van der Waals surface area contributed by atoms with Crippen molar-refractivity contribution in [1.82, 2.24) is 19.8 Å². The average molecular weight is 381 g/mol. The minimum absolute atomic E-state index is 0.0994. The smallest absolute Gasteiger partial charge is 0.257 e. The molecule has 1 aromatic carbocycles. The quantitative estimate of drug-likeness (QED) is 0.679. The van der Waals surface area contributed by atoms with Gasteiger partial charge in [-0.3, -0.25) is 14.3 Å². The van der Waals surface area contributed by atoms with Gasteiger partial charge in [0.1, 0.15) is 5.76 Å². The molecule has 3 rings (SSSR count). The van der Waals surface area contributed by atoms with Crippen LogP contribution in [0, 0.1) is 6.92 Å². The maximum absolute atomic E-state index is 12.8. The molecular weight excluding hydrogens is 358 g/mol. The number of nitrogens with zero attached hydrogens (tertiary/aromatic N) is 4. The highest BCUT2D eigenvalue weighted by Crippen LogP contribution is 2.14. The SMILES string of the molecule is CCc1c(C(=O)N(C)CC(=O)Nc2cc(C)on2)cnn1Cc1ccccc1. The van der Waals surface area contributed by atoms with Crippen LogP contribution < -0.4 is 5.32 Å². The minimum Gasteiger partial charge on any atom is -0.360 e. The van der Waals surface area contributed by atoms with Crippen LogP contribution >= 0.6 is 0 Å².